The molecule has 1 aliphatic rings. The number of benzene rings is 1. The highest BCUT2D eigenvalue weighted by molar-refractivity contribution is 7.13. The zero-order chi connectivity index (χ0) is 16.6. The normalized spacial score (nSPS) is 17.2. The predicted octanol–water partition coefficient (Wildman–Crippen LogP) is 2.74. The third kappa shape index (κ3) is 2.92. The predicted molar refractivity (Wildman–Crippen MR) is 92.1 cm³/mol. The fourth-order valence-electron chi connectivity index (χ4n) is 2.37. The first-order chi connectivity index (χ1) is 11.0. The molecule has 0 bridgehead atoms. The van der Waals surface area contributed by atoms with Crippen LogP contribution in [0.5, 0.6) is 0 Å². The number of carbonyl (C=O) groups is 1. The van der Waals surface area contributed by atoms with Crippen molar-refractivity contribution in [2.75, 3.05) is 5.43 Å². The van der Waals surface area contributed by atoms with Crippen LogP contribution in [0.15, 0.2) is 17.2 Å². The molecule has 1 aliphatic carbocycles. The molecule has 0 saturated carbocycles. The molecule has 0 fully saturated rings. The number of carbonyl (C=O) groups excluding carboxylic acids is 1. The summed E-state index contributed by atoms with van der Waals surface area (Å²) in [5.41, 5.74) is 4.14. The number of fused-ring (bicyclic) bond motifs is 1. The van der Waals surface area contributed by atoms with Crippen molar-refractivity contribution in [2.24, 2.45) is 5.10 Å². The molecular formula is C16H13ClFN3OS. The highest BCUT2D eigenvalue weighted by Crippen LogP contribution is 2.26. The zero-order valence-corrected chi connectivity index (χ0v) is 14.1. The van der Waals surface area contributed by atoms with E-state index in [0.29, 0.717) is 22.0 Å². The number of hydrazone groups is 1. The lowest BCUT2D eigenvalue weighted by Crippen LogP contribution is -2.19. The van der Waals surface area contributed by atoms with Gasteiger partial charge in [-0.25, -0.2) is 9.37 Å². The molecule has 0 radical (unpaired) electrons. The lowest BCUT2D eigenvalue weighted by Gasteiger charge is -1.98. The summed E-state index contributed by atoms with van der Waals surface area (Å²) in [5.74, 6) is -0.769. The Morgan fingerprint density at radius 2 is 2.17 bits per heavy atom. The summed E-state index contributed by atoms with van der Waals surface area (Å²) in [7, 11) is 0. The number of nitrogens with one attached hydrogen (secondary N) is 1. The van der Waals surface area contributed by atoms with Crippen LogP contribution in [-0.4, -0.2) is 16.5 Å². The molecule has 1 aromatic heterocycles. The van der Waals surface area contributed by atoms with Gasteiger partial charge in [-0.05, 0) is 31.5 Å². The molecule has 4 nitrogen and oxygen atoms in total. The van der Waals surface area contributed by atoms with Crippen molar-refractivity contribution in [1.82, 2.24) is 4.98 Å². The Kier molecular flexibility index (Phi) is 4.28. The van der Waals surface area contributed by atoms with Crippen LogP contribution in [0.25, 0.3) is 12.2 Å². The van der Waals surface area contributed by atoms with Crippen molar-refractivity contribution < 1.29 is 9.18 Å². The third-order valence-corrected chi connectivity index (χ3v) is 4.84. The first-order valence-corrected chi connectivity index (χ1v) is 8.17. The quantitative estimate of drug-likeness (QED) is 0.848. The van der Waals surface area contributed by atoms with Gasteiger partial charge in [0, 0.05) is 12.0 Å². The van der Waals surface area contributed by atoms with Crippen LogP contribution in [0.2, 0.25) is 5.02 Å². The zero-order valence-electron chi connectivity index (χ0n) is 12.5. The van der Waals surface area contributed by atoms with Crippen LogP contribution in [-0.2, 0) is 6.42 Å². The van der Waals surface area contributed by atoms with Gasteiger partial charge in [0.15, 0.2) is 0 Å². The second kappa shape index (κ2) is 6.22. The third-order valence-electron chi connectivity index (χ3n) is 3.51. The fourth-order valence-corrected chi connectivity index (χ4v) is 3.37. The van der Waals surface area contributed by atoms with Crippen LogP contribution in [0.4, 0.5) is 9.52 Å². The van der Waals surface area contributed by atoms with Gasteiger partial charge in [0.25, 0.3) is 0 Å². The van der Waals surface area contributed by atoms with Gasteiger partial charge in [-0.1, -0.05) is 35.1 Å². The minimum atomic E-state index is -0.529. The van der Waals surface area contributed by atoms with Gasteiger partial charge in [-0.15, -0.1) is 0 Å². The summed E-state index contributed by atoms with van der Waals surface area (Å²) in [5, 5.41) is 5.56. The van der Waals surface area contributed by atoms with E-state index >= 15 is 0 Å². The number of halogens is 2. The Morgan fingerprint density at radius 1 is 1.39 bits per heavy atom. The van der Waals surface area contributed by atoms with Crippen LogP contribution >= 0.6 is 22.9 Å². The molecule has 3 rings (SSSR count). The first-order valence-electron chi connectivity index (χ1n) is 6.98. The topological polar surface area (TPSA) is 54.4 Å². The molecule has 7 heteroatoms. The smallest absolute Gasteiger partial charge is 0.209 e. The average Bonchev–Trinajstić information content (AvgIpc) is 3.08. The van der Waals surface area contributed by atoms with Crippen LogP contribution in [0, 0.1) is 5.82 Å². The summed E-state index contributed by atoms with van der Waals surface area (Å²) in [6, 6.07) is 2.64. The van der Waals surface area contributed by atoms with Gasteiger partial charge in [-0.2, -0.15) is 5.10 Å². The van der Waals surface area contributed by atoms with E-state index in [-0.39, 0.29) is 17.2 Å². The van der Waals surface area contributed by atoms with Crippen molar-refractivity contribution >= 4 is 51.7 Å². The largest absolute Gasteiger partial charge is 0.287 e. The summed E-state index contributed by atoms with van der Waals surface area (Å²) in [6.07, 6.45) is 4.15. The van der Waals surface area contributed by atoms with E-state index in [4.69, 9.17) is 11.6 Å². The maximum Gasteiger partial charge on any atom is 0.209 e. The molecule has 2 aromatic rings. The summed E-state index contributed by atoms with van der Waals surface area (Å²) in [4.78, 5) is 16.7. The van der Waals surface area contributed by atoms with Gasteiger partial charge in [-0.3, -0.25) is 10.2 Å². The number of ketones is 1. The molecule has 1 heterocycles. The van der Waals surface area contributed by atoms with Crippen LogP contribution in [0.3, 0.4) is 0 Å². The fraction of sp³-hybridized carbons (Fsp3) is 0.188. The second-order valence-corrected chi connectivity index (χ2v) is 6.38. The Hall–Kier alpha value is -2.05. The number of aromatic nitrogens is 1. The Labute approximate surface area is 141 Å². The van der Waals surface area contributed by atoms with Gasteiger partial charge in [0.1, 0.15) is 11.5 Å². The summed E-state index contributed by atoms with van der Waals surface area (Å²) >= 11 is 7.18. The van der Waals surface area contributed by atoms with E-state index in [0.717, 1.165) is 9.88 Å². The van der Waals surface area contributed by atoms with E-state index < -0.39 is 5.82 Å². The minimum Gasteiger partial charge on any atom is -0.287 e. The Balaban J connectivity index is 1.88. The molecule has 0 atom stereocenters. The number of rotatable bonds is 2. The van der Waals surface area contributed by atoms with Gasteiger partial charge >= 0.3 is 0 Å². The van der Waals surface area contributed by atoms with Crippen molar-refractivity contribution in [2.45, 2.75) is 20.3 Å². The van der Waals surface area contributed by atoms with Crippen molar-refractivity contribution in [1.29, 1.82) is 0 Å². The minimum absolute atomic E-state index is 0.0579. The number of hydrogen-bond acceptors (Lipinski definition) is 5. The SMILES string of the molecule is C/C=c1/nc(N/N=C2/Cc3cc(F)c(Cl)cc3C2=O)s/c1=C/C. The number of Topliss-reactive ketones (excluding diaryl/α,β-unsaturated/α-hetero) is 1. The second-order valence-electron chi connectivity index (χ2n) is 4.95. The highest BCUT2D eigenvalue weighted by atomic mass is 35.5. The molecule has 23 heavy (non-hydrogen) atoms. The lowest BCUT2D eigenvalue weighted by atomic mass is 10.1. The molecule has 1 aromatic carbocycles. The van der Waals surface area contributed by atoms with Gasteiger partial charge in [0.2, 0.25) is 10.9 Å². The van der Waals surface area contributed by atoms with Crippen molar-refractivity contribution in [3.05, 3.63) is 44.0 Å². The molecule has 0 spiro atoms. The first kappa shape index (κ1) is 15.8. The summed E-state index contributed by atoms with van der Waals surface area (Å²) < 4.78 is 14.5. The van der Waals surface area contributed by atoms with Crippen molar-refractivity contribution in [3.63, 3.8) is 0 Å². The number of nitrogens with zero attached hydrogens (tertiary/aromatic N) is 2. The van der Waals surface area contributed by atoms with E-state index in [1.54, 1.807) is 0 Å². The van der Waals surface area contributed by atoms with Crippen LogP contribution < -0.4 is 15.3 Å². The van der Waals surface area contributed by atoms with E-state index in [1.165, 1.54) is 23.5 Å². The molecule has 0 saturated heterocycles. The van der Waals surface area contributed by atoms with E-state index in [1.807, 2.05) is 26.0 Å². The molecule has 118 valence electrons. The highest BCUT2D eigenvalue weighted by Gasteiger charge is 2.28. The molecule has 0 aliphatic heterocycles. The van der Waals surface area contributed by atoms with E-state index in [9.17, 15) is 9.18 Å². The molecule has 0 unspecified atom stereocenters. The number of anilines is 1. The van der Waals surface area contributed by atoms with Gasteiger partial charge in [0.05, 0.1) is 14.9 Å². The Morgan fingerprint density at radius 3 is 2.83 bits per heavy atom. The average molecular weight is 350 g/mol. The monoisotopic (exact) mass is 349 g/mol. The molecule has 1 N–H and O–H groups in total. The molecule has 0 amide bonds. The lowest BCUT2D eigenvalue weighted by molar-refractivity contribution is 0.106. The standard InChI is InChI=1S/C16H13ClFN3OS/c1-3-12-14(4-2)23-16(19-12)21-20-13-6-8-5-11(18)10(17)7-9(8)15(13)22/h3-5,7H,6H2,1-2H3,(H,19,21)/b12-3+,14-4+,20-13-. The number of hydrogen-bond donors (Lipinski definition) is 1. The van der Waals surface area contributed by atoms with Crippen molar-refractivity contribution in [3.8, 4) is 0 Å². The van der Waals surface area contributed by atoms with Crippen LogP contribution in [0.1, 0.15) is 29.8 Å². The molecular weight excluding hydrogens is 337 g/mol. The Bertz CT molecular complexity index is 917. The summed E-state index contributed by atoms with van der Waals surface area (Å²) in [6.45, 7) is 3.85. The number of thiazole rings is 1. The van der Waals surface area contributed by atoms with Gasteiger partial charge < -0.3 is 0 Å². The van der Waals surface area contributed by atoms with E-state index in [2.05, 4.69) is 15.5 Å². The maximum absolute atomic E-state index is 13.5. The maximum atomic E-state index is 13.5.